The van der Waals surface area contributed by atoms with E-state index in [1.807, 2.05) is 26.8 Å². The van der Waals surface area contributed by atoms with Gasteiger partial charge in [-0.15, -0.1) is 0 Å². The third kappa shape index (κ3) is 4.39. The molecule has 7 nitrogen and oxygen atoms in total. The summed E-state index contributed by atoms with van der Waals surface area (Å²) in [5, 5.41) is 3.44. The highest BCUT2D eigenvalue weighted by Gasteiger charge is 2.34. The average molecular weight is 425 g/mol. The molecule has 0 unspecified atom stereocenters. The minimum Gasteiger partial charge on any atom is -0.334 e. The molecule has 1 aromatic heterocycles. The van der Waals surface area contributed by atoms with Crippen LogP contribution in [0.25, 0.3) is 0 Å². The second-order valence-corrected chi connectivity index (χ2v) is 9.70. The van der Waals surface area contributed by atoms with Crippen molar-refractivity contribution in [1.82, 2.24) is 13.9 Å². The molecule has 1 amide bonds. The molecule has 1 aliphatic heterocycles. The molecule has 1 aromatic carbocycles. The number of aryl methyl sites for hydroxylation is 1. The van der Waals surface area contributed by atoms with E-state index in [1.165, 1.54) is 16.8 Å². The number of rotatable bonds is 5. The van der Waals surface area contributed by atoms with Crippen molar-refractivity contribution >= 4 is 33.2 Å². The number of nitrogens with zero attached hydrogens (tertiary/aromatic N) is 3. The number of halogens is 1. The molecule has 0 radical (unpaired) electrons. The Balaban J connectivity index is 1.71. The van der Waals surface area contributed by atoms with Crippen LogP contribution in [-0.2, 0) is 14.8 Å². The van der Waals surface area contributed by atoms with Crippen molar-refractivity contribution in [3.8, 4) is 0 Å². The Morgan fingerprint density at radius 2 is 2.11 bits per heavy atom. The SMILES string of the molecule is Cc1ccc(NC(=O)[C@@H]2CCCN(S(=O)(=O)c3cn(C(C)C)cn3)C2)cc1Cl. The Bertz CT molecular complexity index is 971. The number of sulfonamides is 1. The Labute approximate surface area is 170 Å². The summed E-state index contributed by atoms with van der Waals surface area (Å²) in [4.78, 5) is 16.7. The first-order chi connectivity index (χ1) is 13.2. The predicted molar refractivity (Wildman–Crippen MR) is 109 cm³/mol. The number of benzene rings is 1. The van der Waals surface area contributed by atoms with Gasteiger partial charge in [-0.2, -0.15) is 4.31 Å². The van der Waals surface area contributed by atoms with Crippen LogP contribution < -0.4 is 5.32 Å². The summed E-state index contributed by atoms with van der Waals surface area (Å²) >= 11 is 6.11. The van der Waals surface area contributed by atoms with E-state index < -0.39 is 15.9 Å². The maximum atomic E-state index is 12.9. The first-order valence-corrected chi connectivity index (χ1v) is 11.1. The summed E-state index contributed by atoms with van der Waals surface area (Å²) in [6, 6.07) is 5.44. The molecule has 1 saturated heterocycles. The molecule has 0 saturated carbocycles. The van der Waals surface area contributed by atoms with Gasteiger partial charge in [-0.1, -0.05) is 17.7 Å². The van der Waals surface area contributed by atoms with Crippen LogP contribution in [0.4, 0.5) is 5.69 Å². The number of anilines is 1. The average Bonchev–Trinajstić information content (AvgIpc) is 3.16. The second kappa shape index (κ2) is 8.23. The Morgan fingerprint density at radius 1 is 1.36 bits per heavy atom. The fourth-order valence-electron chi connectivity index (χ4n) is 3.16. The lowest BCUT2D eigenvalue weighted by Crippen LogP contribution is -2.43. The standard InChI is InChI=1S/C19H25ClN4O3S/c1-13(2)23-11-18(21-12-23)28(26,27)24-8-4-5-15(10-24)19(25)22-16-7-6-14(3)17(20)9-16/h6-7,9,11-13,15H,4-5,8,10H2,1-3H3,(H,22,25)/t15-/m1/s1. The normalized spacial score (nSPS) is 18.4. The van der Waals surface area contributed by atoms with E-state index in [0.29, 0.717) is 30.1 Å². The summed E-state index contributed by atoms with van der Waals surface area (Å²) in [7, 11) is -3.73. The third-order valence-electron chi connectivity index (χ3n) is 4.97. The highest BCUT2D eigenvalue weighted by Crippen LogP contribution is 2.26. The van der Waals surface area contributed by atoms with E-state index in [4.69, 9.17) is 11.6 Å². The zero-order valence-corrected chi connectivity index (χ0v) is 17.8. The first-order valence-electron chi connectivity index (χ1n) is 9.29. The quantitative estimate of drug-likeness (QED) is 0.796. The van der Waals surface area contributed by atoms with Crippen LogP contribution >= 0.6 is 11.6 Å². The zero-order valence-electron chi connectivity index (χ0n) is 16.2. The molecule has 1 atom stereocenters. The minimum atomic E-state index is -3.73. The summed E-state index contributed by atoms with van der Waals surface area (Å²) in [5.41, 5.74) is 1.53. The van der Waals surface area contributed by atoms with E-state index in [0.717, 1.165) is 5.56 Å². The van der Waals surface area contributed by atoms with Crippen LogP contribution in [0.1, 0.15) is 38.3 Å². The molecule has 1 N–H and O–H groups in total. The predicted octanol–water partition coefficient (Wildman–Crippen LogP) is 3.47. The van der Waals surface area contributed by atoms with Crippen LogP contribution in [0.2, 0.25) is 5.02 Å². The Morgan fingerprint density at radius 3 is 2.75 bits per heavy atom. The molecule has 9 heteroatoms. The number of carbonyl (C=O) groups is 1. The van der Waals surface area contributed by atoms with Crippen molar-refractivity contribution in [2.45, 2.75) is 44.7 Å². The maximum Gasteiger partial charge on any atom is 0.262 e. The highest BCUT2D eigenvalue weighted by atomic mass is 35.5. The molecule has 0 aliphatic carbocycles. The lowest BCUT2D eigenvalue weighted by molar-refractivity contribution is -0.120. The number of piperidine rings is 1. The van der Waals surface area contributed by atoms with Gasteiger partial charge in [-0.3, -0.25) is 4.79 Å². The van der Waals surface area contributed by atoms with E-state index in [9.17, 15) is 13.2 Å². The van der Waals surface area contributed by atoms with Gasteiger partial charge in [0, 0.05) is 36.0 Å². The molecule has 2 aromatic rings. The van der Waals surface area contributed by atoms with Gasteiger partial charge in [0.25, 0.3) is 10.0 Å². The molecule has 152 valence electrons. The van der Waals surface area contributed by atoms with Gasteiger partial charge in [0.1, 0.15) is 0 Å². The van der Waals surface area contributed by atoms with Gasteiger partial charge in [-0.05, 0) is 51.3 Å². The molecule has 28 heavy (non-hydrogen) atoms. The van der Waals surface area contributed by atoms with Gasteiger partial charge in [0.15, 0.2) is 5.03 Å². The summed E-state index contributed by atoms with van der Waals surface area (Å²) < 4.78 is 29.0. The van der Waals surface area contributed by atoms with Crippen molar-refractivity contribution in [2.75, 3.05) is 18.4 Å². The number of carbonyl (C=O) groups excluding carboxylic acids is 1. The number of aromatic nitrogens is 2. The van der Waals surface area contributed by atoms with Gasteiger partial charge < -0.3 is 9.88 Å². The smallest absolute Gasteiger partial charge is 0.262 e. The topological polar surface area (TPSA) is 84.3 Å². The minimum absolute atomic E-state index is 0.0209. The molecule has 0 bridgehead atoms. The van der Waals surface area contributed by atoms with E-state index in [-0.39, 0.29) is 23.5 Å². The van der Waals surface area contributed by atoms with Gasteiger partial charge >= 0.3 is 0 Å². The van der Waals surface area contributed by atoms with Crippen LogP contribution in [-0.4, -0.2) is 41.3 Å². The van der Waals surface area contributed by atoms with Crippen LogP contribution in [0, 0.1) is 12.8 Å². The molecule has 1 aliphatic rings. The number of amides is 1. The molecular weight excluding hydrogens is 400 g/mol. The Hall–Kier alpha value is -1.90. The lowest BCUT2D eigenvalue weighted by atomic mass is 9.98. The molecular formula is C19H25ClN4O3S. The van der Waals surface area contributed by atoms with Crippen LogP contribution in [0.3, 0.4) is 0 Å². The number of nitrogens with one attached hydrogen (secondary N) is 1. The molecule has 1 fully saturated rings. The van der Waals surface area contributed by atoms with Crippen molar-refractivity contribution < 1.29 is 13.2 Å². The fourth-order valence-corrected chi connectivity index (χ4v) is 4.78. The van der Waals surface area contributed by atoms with Gasteiger partial charge in [-0.25, -0.2) is 13.4 Å². The molecule has 2 heterocycles. The lowest BCUT2D eigenvalue weighted by Gasteiger charge is -2.30. The summed E-state index contributed by atoms with van der Waals surface area (Å²) in [5.74, 6) is -0.622. The van der Waals surface area contributed by atoms with Crippen molar-refractivity contribution in [2.24, 2.45) is 5.92 Å². The first kappa shape index (κ1) is 20.8. The van der Waals surface area contributed by atoms with E-state index in [1.54, 1.807) is 16.7 Å². The van der Waals surface area contributed by atoms with Crippen molar-refractivity contribution in [3.63, 3.8) is 0 Å². The third-order valence-corrected chi connectivity index (χ3v) is 7.13. The van der Waals surface area contributed by atoms with E-state index in [2.05, 4.69) is 10.3 Å². The van der Waals surface area contributed by atoms with Crippen molar-refractivity contribution in [3.05, 3.63) is 41.3 Å². The maximum absolute atomic E-state index is 12.9. The Kier molecular flexibility index (Phi) is 6.12. The van der Waals surface area contributed by atoms with Gasteiger partial charge in [0.05, 0.1) is 12.2 Å². The summed E-state index contributed by atoms with van der Waals surface area (Å²) in [6.45, 7) is 6.32. The molecule has 3 rings (SSSR count). The number of hydrogen-bond acceptors (Lipinski definition) is 4. The zero-order chi connectivity index (χ0) is 20.5. The van der Waals surface area contributed by atoms with Gasteiger partial charge in [0.2, 0.25) is 5.91 Å². The van der Waals surface area contributed by atoms with Crippen molar-refractivity contribution in [1.29, 1.82) is 0 Å². The molecule has 0 spiro atoms. The van der Waals surface area contributed by atoms with Crippen LogP contribution in [0.15, 0.2) is 35.7 Å². The number of imidazole rings is 1. The second-order valence-electron chi connectivity index (χ2n) is 7.41. The highest BCUT2D eigenvalue weighted by molar-refractivity contribution is 7.89. The van der Waals surface area contributed by atoms with Crippen LogP contribution in [0.5, 0.6) is 0 Å². The largest absolute Gasteiger partial charge is 0.334 e. The van der Waals surface area contributed by atoms with E-state index >= 15 is 0 Å². The monoisotopic (exact) mass is 424 g/mol. The number of hydrogen-bond donors (Lipinski definition) is 1. The fraction of sp³-hybridized carbons (Fsp3) is 0.474. The summed E-state index contributed by atoms with van der Waals surface area (Å²) in [6.07, 6.45) is 4.32.